The molecule has 0 aliphatic carbocycles. The van der Waals surface area contributed by atoms with Gasteiger partial charge < -0.3 is 5.11 Å². The molecule has 1 atom stereocenters. The number of benzene rings is 1. The zero-order chi connectivity index (χ0) is 14.6. The predicted octanol–water partition coefficient (Wildman–Crippen LogP) is 3.54. The van der Waals surface area contributed by atoms with Crippen LogP contribution in [0.15, 0.2) is 18.2 Å². The third kappa shape index (κ3) is 4.21. The number of nitro benzene ring substituents is 1. The topological polar surface area (TPSA) is 80.4 Å². The molecule has 0 aromatic heterocycles. The van der Waals surface area contributed by atoms with Gasteiger partial charge in [0.05, 0.1) is 15.9 Å². The van der Waals surface area contributed by atoms with Crippen LogP contribution in [-0.4, -0.2) is 16.0 Å². The standard InChI is InChI=1S/C13H16ClNO4/c1-8(2)6-9(13(16)17)7-10-11(14)4-3-5-12(10)15(18)19/h3-5,8-9H,6-7H2,1-2H3,(H,16,17). The van der Waals surface area contributed by atoms with Crippen LogP contribution in [0.25, 0.3) is 0 Å². The number of aliphatic carboxylic acids is 1. The number of hydrogen-bond donors (Lipinski definition) is 1. The van der Waals surface area contributed by atoms with Crippen molar-refractivity contribution in [2.45, 2.75) is 26.7 Å². The van der Waals surface area contributed by atoms with E-state index >= 15 is 0 Å². The van der Waals surface area contributed by atoms with Gasteiger partial charge in [-0.3, -0.25) is 14.9 Å². The lowest BCUT2D eigenvalue weighted by molar-refractivity contribution is -0.385. The highest BCUT2D eigenvalue weighted by Crippen LogP contribution is 2.30. The van der Waals surface area contributed by atoms with Gasteiger partial charge in [-0.1, -0.05) is 31.5 Å². The summed E-state index contributed by atoms with van der Waals surface area (Å²) in [4.78, 5) is 21.6. The van der Waals surface area contributed by atoms with Crippen molar-refractivity contribution in [3.63, 3.8) is 0 Å². The molecule has 0 spiro atoms. The molecule has 0 radical (unpaired) electrons. The average Bonchev–Trinajstić information content (AvgIpc) is 2.29. The summed E-state index contributed by atoms with van der Waals surface area (Å²) < 4.78 is 0. The SMILES string of the molecule is CC(C)CC(Cc1c(Cl)cccc1[N+](=O)[O-])C(=O)O. The second-order valence-corrected chi connectivity index (χ2v) is 5.27. The highest BCUT2D eigenvalue weighted by atomic mass is 35.5. The Morgan fingerprint density at radius 3 is 2.58 bits per heavy atom. The van der Waals surface area contributed by atoms with Gasteiger partial charge in [-0.2, -0.15) is 0 Å². The first kappa shape index (κ1) is 15.4. The number of rotatable bonds is 6. The summed E-state index contributed by atoms with van der Waals surface area (Å²) in [5, 5.41) is 20.4. The quantitative estimate of drug-likeness (QED) is 0.640. The summed E-state index contributed by atoms with van der Waals surface area (Å²) in [6.07, 6.45) is 0.529. The number of carboxylic acid groups (broad SMARTS) is 1. The van der Waals surface area contributed by atoms with Crippen LogP contribution in [0.4, 0.5) is 5.69 Å². The van der Waals surface area contributed by atoms with Crippen molar-refractivity contribution in [2.75, 3.05) is 0 Å². The van der Waals surface area contributed by atoms with E-state index in [1.54, 1.807) is 0 Å². The van der Waals surface area contributed by atoms with Crippen molar-refractivity contribution in [1.29, 1.82) is 0 Å². The third-order valence-electron chi connectivity index (χ3n) is 2.85. The Bertz CT molecular complexity index is 488. The molecule has 0 saturated heterocycles. The van der Waals surface area contributed by atoms with Crippen molar-refractivity contribution in [3.8, 4) is 0 Å². The van der Waals surface area contributed by atoms with Crippen LogP contribution in [-0.2, 0) is 11.2 Å². The molecule has 6 heteroatoms. The molecular formula is C13H16ClNO4. The minimum atomic E-state index is -0.956. The Balaban J connectivity index is 3.08. The smallest absolute Gasteiger partial charge is 0.306 e. The molecule has 0 aliphatic heterocycles. The molecule has 0 heterocycles. The summed E-state index contributed by atoms with van der Waals surface area (Å²) in [5.74, 6) is -1.43. The van der Waals surface area contributed by atoms with E-state index in [2.05, 4.69) is 0 Å². The van der Waals surface area contributed by atoms with Crippen molar-refractivity contribution in [2.24, 2.45) is 11.8 Å². The average molecular weight is 286 g/mol. The Morgan fingerprint density at radius 1 is 1.47 bits per heavy atom. The van der Waals surface area contributed by atoms with E-state index in [4.69, 9.17) is 11.6 Å². The molecule has 104 valence electrons. The second-order valence-electron chi connectivity index (χ2n) is 4.86. The minimum absolute atomic E-state index is 0.0729. The molecule has 1 rings (SSSR count). The van der Waals surface area contributed by atoms with E-state index in [0.29, 0.717) is 12.0 Å². The molecule has 0 bridgehead atoms. The molecule has 0 fully saturated rings. The van der Waals surface area contributed by atoms with Crippen LogP contribution in [0.3, 0.4) is 0 Å². The molecule has 1 aromatic rings. The number of hydrogen-bond acceptors (Lipinski definition) is 3. The molecule has 5 nitrogen and oxygen atoms in total. The fourth-order valence-electron chi connectivity index (χ4n) is 2.01. The number of nitrogens with zero attached hydrogens (tertiary/aromatic N) is 1. The molecule has 1 aromatic carbocycles. The zero-order valence-corrected chi connectivity index (χ0v) is 11.6. The fourth-order valence-corrected chi connectivity index (χ4v) is 2.25. The molecule has 0 amide bonds. The van der Waals surface area contributed by atoms with E-state index in [0.717, 1.165) is 0 Å². The molecule has 0 aliphatic rings. The normalized spacial score (nSPS) is 12.4. The van der Waals surface area contributed by atoms with Crippen LogP contribution in [0.1, 0.15) is 25.8 Å². The predicted molar refractivity (Wildman–Crippen MR) is 72.4 cm³/mol. The first-order valence-electron chi connectivity index (χ1n) is 5.97. The molecule has 19 heavy (non-hydrogen) atoms. The fraction of sp³-hybridized carbons (Fsp3) is 0.462. The number of halogens is 1. The molecule has 1 N–H and O–H groups in total. The lowest BCUT2D eigenvalue weighted by Crippen LogP contribution is -2.19. The van der Waals surface area contributed by atoms with Gasteiger partial charge in [-0.05, 0) is 24.8 Å². The first-order chi connectivity index (χ1) is 8.82. The van der Waals surface area contributed by atoms with Crippen molar-refractivity contribution in [1.82, 2.24) is 0 Å². The largest absolute Gasteiger partial charge is 0.481 e. The van der Waals surface area contributed by atoms with Gasteiger partial charge in [-0.15, -0.1) is 0 Å². The van der Waals surface area contributed by atoms with Crippen LogP contribution in [0.2, 0.25) is 5.02 Å². The van der Waals surface area contributed by atoms with E-state index in [1.807, 2.05) is 13.8 Å². The van der Waals surface area contributed by atoms with Crippen molar-refractivity contribution < 1.29 is 14.8 Å². The number of carboxylic acids is 1. The van der Waals surface area contributed by atoms with Crippen LogP contribution in [0, 0.1) is 22.0 Å². The van der Waals surface area contributed by atoms with Gasteiger partial charge in [0.15, 0.2) is 0 Å². The van der Waals surface area contributed by atoms with E-state index in [-0.39, 0.29) is 23.0 Å². The van der Waals surface area contributed by atoms with Gasteiger partial charge in [0, 0.05) is 11.6 Å². The lowest BCUT2D eigenvalue weighted by atomic mass is 9.90. The molecule has 0 saturated carbocycles. The van der Waals surface area contributed by atoms with Gasteiger partial charge in [0.25, 0.3) is 5.69 Å². The monoisotopic (exact) mass is 285 g/mol. The number of carbonyl (C=O) groups is 1. The summed E-state index contributed by atoms with van der Waals surface area (Å²) in [6, 6.07) is 4.37. The highest BCUT2D eigenvalue weighted by molar-refractivity contribution is 6.31. The highest BCUT2D eigenvalue weighted by Gasteiger charge is 2.25. The maximum absolute atomic E-state index is 11.2. The zero-order valence-electron chi connectivity index (χ0n) is 10.8. The van der Waals surface area contributed by atoms with Crippen LogP contribution >= 0.6 is 11.6 Å². The van der Waals surface area contributed by atoms with Gasteiger partial charge in [0.1, 0.15) is 0 Å². The second kappa shape index (κ2) is 6.52. The van der Waals surface area contributed by atoms with Crippen LogP contribution in [0.5, 0.6) is 0 Å². The van der Waals surface area contributed by atoms with E-state index in [1.165, 1.54) is 18.2 Å². The maximum atomic E-state index is 11.2. The summed E-state index contributed by atoms with van der Waals surface area (Å²) in [5.41, 5.74) is 0.171. The maximum Gasteiger partial charge on any atom is 0.306 e. The Morgan fingerprint density at radius 2 is 2.11 bits per heavy atom. The third-order valence-corrected chi connectivity index (χ3v) is 3.20. The van der Waals surface area contributed by atoms with E-state index < -0.39 is 16.8 Å². The number of nitro groups is 1. The lowest BCUT2D eigenvalue weighted by Gasteiger charge is -2.15. The van der Waals surface area contributed by atoms with Gasteiger partial charge in [0.2, 0.25) is 0 Å². The summed E-state index contributed by atoms with van der Waals surface area (Å²) in [7, 11) is 0. The molecular weight excluding hydrogens is 270 g/mol. The Kier molecular flexibility index (Phi) is 5.30. The Labute approximate surface area is 116 Å². The van der Waals surface area contributed by atoms with Crippen LogP contribution < -0.4 is 0 Å². The van der Waals surface area contributed by atoms with E-state index in [9.17, 15) is 20.0 Å². The van der Waals surface area contributed by atoms with Crippen molar-refractivity contribution >= 4 is 23.3 Å². The van der Waals surface area contributed by atoms with Gasteiger partial charge >= 0.3 is 5.97 Å². The minimum Gasteiger partial charge on any atom is -0.481 e. The Hall–Kier alpha value is -1.62. The van der Waals surface area contributed by atoms with Crippen molar-refractivity contribution in [3.05, 3.63) is 38.9 Å². The molecule has 1 unspecified atom stereocenters. The first-order valence-corrected chi connectivity index (χ1v) is 6.35. The summed E-state index contributed by atoms with van der Waals surface area (Å²) >= 11 is 5.96. The summed E-state index contributed by atoms with van der Waals surface area (Å²) in [6.45, 7) is 3.83. The van der Waals surface area contributed by atoms with Gasteiger partial charge in [-0.25, -0.2) is 0 Å².